The third-order valence-corrected chi connectivity index (χ3v) is 3.93. The Labute approximate surface area is 120 Å². The van der Waals surface area contributed by atoms with Crippen LogP contribution in [0.5, 0.6) is 5.75 Å². The van der Waals surface area contributed by atoms with E-state index in [9.17, 15) is 4.79 Å². The van der Waals surface area contributed by atoms with Gasteiger partial charge in [-0.1, -0.05) is 25.0 Å². The van der Waals surface area contributed by atoms with E-state index in [1.54, 1.807) is 0 Å². The van der Waals surface area contributed by atoms with Crippen molar-refractivity contribution >= 4 is 11.6 Å². The molecule has 1 saturated carbocycles. The molecule has 110 valence electrons. The Morgan fingerprint density at radius 2 is 2.00 bits per heavy atom. The van der Waals surface area contributed by atoms with Crippen LogP contribution in [0.4, 0.5) is 5.69 Å². The molecule has 0 spiro atoms. The van der Waals surface area contributed by atoms with E-state index in [2.05, 4.69) is 5.32 Å². The number of benzene rings is 1. The highest BCUT2D eigenvalue weighted by molar-refractivity contribution is 5.96. The molecular formula is C16H24N2O2. The lowest BCUT2D eigenvalue weighted by Gasteiger charge is -2.26. The summed E-state index contributed by atoms with van der Waals surface area (Å²) in [4.78, 5) is 12.6. The van der Waals surface area contributed by atoms with Crippen molar-refractivity contribution in [1.82, 2.24) is 0 Å². The standard InChI is InChI=1S/C16H24N2O2/c1-12(2)20-14-8-4-3-7-13(14)18-15(19)16(11-17)9-5-6-10-16/h3-4,7-8,12H,5-6,9-11,17H2,1-2H3,(H,18,19). The van der Waals surface area contributed by atoms with E-state index in [4.69, 9.17) is 10.5 Å². The van der Waals surface area contributed by atoms with Crippen LogP contribution in [0.1, 0.15) is 39.5 Å². The van der Waals surface area contributed by atoms with E-state index in [-0.39, 0.29) is 12.0 Å². The molecule has 1 fully saturated rings. The Bertz CT molecular complexity index is 465. The van der Waals surface area contributed by atoms with Crippen molar-refractivity contribution in [1.29, 1.82) is 0 Å². The number of hydrogen-bond donors (Lipinski definition) is 2. The number of carbonyl (C=O) groups excluding carboxylic acids is 1. The normalized spacial score (nSPS) is 17.2. The molecule has 0 heterocycles. The number of para-hydroxylation sites is 2. The van der Waals surface area contributed by atoms with E-state index in [0.29, 0.717) is 12.3 Å². The van der Waals surface area contributed by atoms with Crippen LogP contribution in [-0.4, -0.2) is 18.6 Å². The van der Waals surface area contributed by atoms with Gasteiger partial charge < -0.3 is 15.8 Å². The van der Waals surface area contributed by atoms with Gasteiger partial charge in [-0.25, -0.2) is 0 Å². The first-order valence-corrected chi connectivity index (χ1v) is 7.34. The Morgan fingerprint density at radius 1 is 1.35 bits per heavy atom. The first-order valence-electron chi connectivity index (χ1n) is 7.34. The lowest BCUT2D eigenvalue weighted by atomic mass is 9.85. The second kappa shape index (κ2) is 6.27. The van der Waals surface area contributed by atoms with Gasteiger partial charge in [0.15, 0.2) is 0 Å². The average molecular weight is 276 g/mol. The van der Waals surface area contributed by atoms with Gasteiger partial charge in [0.25, 0.3) is 0 Å². The predicted molar refractivity (Wildman–Crippen MR) is 80.8 cm³/mol. The maximum Gasteiger partial charge on any atom is 0.231 e. The summed E-state index contributed by atoms with van der Waals surface area (Å²) in [5.74, 6) is 0.735. The summed E-state index contributed by atoms with van der Waals surface area (Å²) in [7, 11) is 0. The van der Waals surface area contributed by atoms with Gasteiger partial charge in [-0.05, 0) is 38.8 Å². The summed E-state index contributed by atoms with van der Waals surface area (Å²) in [5.41, 5.74) is 6.18. The molecule has 0 atom stereocenters. The van der Waals surface area contributed by atoms with Crippen LogP contribution < -0.4 is 15.8 Å². The first kappa shape index (κ1) is 14.9. The highest BCUT2D eigenvalue weighted by Gasteiger charge is 2.40. The van der Waals surface area contributed by atoms with Crippen molar-refractivity contribution in [2.75, 3.05) is 11.9 Å². The van der Waals surface area contributed by atoms with Crippen molar-refractivity contribution < 1.29 is 9.53 Å². The predicted octanol–water partition coefficient (Wildman–Crippen LogP) is 2.93. The van der Waals surface area contributed by atoms with Gasteiger partial charge in [0.1, 0.15) is 5.75 Å². The van der Waals surface area contributed by atoms with Crippen LogP contribution in [0.2, 0.25) is 0 Å². The summed E-state index contributed by atoms with van der Waals surface area (Å²) in [5, 5.41) is 3.01. The third kappa shape index (κ3) is 3.12. The quantitative estimate of drug-likeness (QED) is 0.869. The van der Waals surface area contributed by atoms with Gasteiger partial charge in [-0.15, -0.1) is 0 Å². The van der Waals surface area contributed by atoms with Crippen molar-refractivity contribution in [3.63, 3.8) is 0 Å². The molecule has 0 radical (unpaired) electrons. The second-order valence-corrected chi connectivity index (χ2v) is 5.81. The Hall–Kier alpha value is -1.55. The molecule has 1 aromatic rings. The Balaban J connectivity index is 2.15. The summed E-state index contributed by atoms with van der Waals surface area (Å²) < 4.78 is 5.73. The lowest BCUT2D eigenvalue weighted by molar-refractivity contribution is -0.124. The number of amides is 1. The maximum atomic E-state index is 12.6. The maximum absolute atomic E-state index is 12.6. The fourth-order valence-corrected chi connectivity index (χ4v) is 2.76. The van der Waals surface area contributed by atoms with Gasteiger partial charge in [-0.3, -0.25) is 4.79 Å². The smallest absolute Gasteiger partial charge is 0.231 e. The van der Waals surface area contributed by atoms with E-state index < -0.39 is 5.41 Å². The van der Waals surface area contributed by atoms with Gasteiger partial charge >= 0.3 is 0 Å². The number of anilines is 1. The summed E-state index contributed by atoms with van der Waals surface area (Å²) in [6.45, 7) is 4.35. The van der Waals surface area contributed by atoms with E-state index >= 15 is 0 Å². The molecule has 1 amide bonds. The minimum absolute atomic E-state index is 0.0253. The van der Waals surface area contributed by atoms with E-state index in [0.717, 1.165) is 31.4 Å². The molecule has 0 saturated heterocycles. The summed E-state index contributed by atoms with van der Waals surface area (Å²) in [6, 6.07) is 7.54. The minimum Gasteiger partial charge on any atom is -0.489 e. The second-order valence-electron chi connectivity index (χ2n) is 5.81. The molecule has 1 aromatic carbocycles. The van der Waals surface area contributed by atoms with Crippen LogP contribution in [-0.2, 0) is 4.79 Å². The summed E-state index contributed by atoms with van der Waals surface area (Å²) in [6.07, 6.45) is 3.98. The fraction of sp³-hybridized carbons (Fsp3) is 0.562. The number of rotatable bonds is 5. The van der Waals surface area contributed by atoms with Gasteiger partial charge in [0, 0.05) is 6.54 Å². The highest BCUT2D eigenvalue weighted by atomic mass is 16.5. The van der Waals surface area contributed by atoms with Gasteiger partial charge in [-0.2, -0.15) is 0 Å². The molecule has 0 bridgehead atoms. The van der Waals surface area contributed by atoms with Gasteiger partial charge in [0.2, 0.25) is 5.91 Å². The van der Waals surface area contributed by atoms with Crippen LogP contribution in [0.3, 0.4) is 0 Å². The lowest BCUT2D eigenvalue weighted by Crippen LogP contribution is -2.40. The van der Waals surface area contributed by atoms with Crippen molar-refractivity contribution in [3.8, 4) is 5.75 Å². The molecule has 0 aromatic heterocycles. The van der Waals surface area contributed by atoms with Crippen LogP contribution in [0, 0.1) is 5.41 Å². The van der Waals surface area contributed by atoms with Gasteiger partial charge in [0.05, 0.1) is 17.2 Å². The minimum atomic E-state index is -0.398. The molecule has 4 nitrogen and oxygen atoms in total. The number of ether oxygens (including phenoxy) is 1. The molecule has 20 heavy (non-hydrogen) atoms. The molecule has 3 N–H and O–H groups in total. The van der Waals surface area contributed by atoms with Crippen molar-refractivity contribution in [2.45, 2.75) is 45.6 Å². The number of nitrogens with one attached hydrogen (secondary N) is 1. The zero-order chi connectivity index (χ0) is 14.6. The zero-order valence-electron chi connectivity index (χ0n) is 12.3. The number of hydrogen-bond acceptors (Lipinski definition) is 3. The monoisotopic (exact) mass is 276 g/mol. The molecule has 0 unspecified atom stereocenters. The molecule has 1 aliphatic carbocycles. The average Bonchev–Trinajstić information content (AvgIpc) is 2.90. The summed E-state index contributed by atoms with van der Waals surface area (Å²) >= 11 is 0. The van der Waals surface area contributed by atoms with Crippen LogP contribution in [0.25, 0.3) is 0 Å². The molecular weight excluding hydrogens is 252 g/mol. The zero-order valence-corrected chi connectivity index (χ0v) is 12.3. The van der Waals surface area contributed by atoms with Crippen LogP contribution >= 0.6 is 0 Å². The van der Waals surface area contributed by atoms with Crippen molar-refractivity contribution in [3.05, 3.63) is 24.3 Å². The topological polar surface area (TPSA) is 64.3 Å². The number of nitrogens with two attached hydrogens (primary N) is 1. The SMILES string of the molecule is CC(C)Oc1ccccc1NC(=O)C1(CN)CCCC1. The Kier molecular flexibility index (Phi) is 4.65. The highest BCUT2D eigenvalue weighted by Crippen LogP contribution is 2.39. The molecule has 4 heteroatoms. The van der Waals surface area contributed by atoms with Crippen LogP contribution in [0.15, 0.2) is 24.3 Å². The largest absolute Gasteiger partial charge is 0.489 e. The number of carbonyl (C=O) groups is 1. The molecule has 1 aliphatic rings. The van der Waals surface area contributed by atoms with E-state index in [1.807, 2.05) is 38.1 Å². The first-order chi connectivity index (χ1) is 9.57. The van der Waals surface area contributed by atoms with Crippen molar-refractivity contribution in [2.24, 2.45) is 11.1 Å². The fourth-order valence-electron chi connectivity index (χ4n) is 2.76. The molecule has 2 rings (SSSR count). The molecule has 0 aliphatic heterocycles. The Morgan fingerprint density at radius 3 is 2.60 bits per heavy atom. The third-order valence-electron chi connectivity index (χ3n) is 3.93. The van der Waals surface area contributed by atoms with E-state index in [1.165, 1.54) is 0 Å².